The van der Waals surface area contributed by atoms with Crippen molar-refractivity contribution in [1.29, 1.82) is 0 Å². The van der Waals surface area contributed by atoms with Gasteiger partial charge in [0.15, 0.2) is 0 Å². The number of benzene rings is 1. The van der Waals surface area contributed by atoms with Crippen LogP contribution in [-0.2, 0) is 6.42 Å². The molecule has 0 radical (unpaired) electrons. The van der Waals surface area contributed by atoms with Crippen LogP contribution < -0.4 is 11.5 Å². The lowest BCUT2D eigenvalue weighted by Crippen LogP contribution is -2.21. The number of amides is 1. The number of anilines is 2. The number of pyridine rings is 2. The van der Waals surface area contributed by atoms with Gasteiger partial charge in [0.1, 0.15) is 12.1 Å². The summed E-state index contributed by atoms with van der Waals surface area (Å²) >= 11 is 0. The van der Waals surface area contributed by atoms with E-state index in [4.69, 9.17) is 11.5 Å². The van der Waals surface area contributed by atoms with Crippen LogP contribution in [0.4, 0.5) is 11.5 Å². The molecule has 0 spiro atoms. The van der Waals surface area contributed by atoms with Crippen molar-refractivity contribution in [2.45, 2.75) is 6.42 Å². The van der Waals surface area contributed by atoms with Gasteiger partial charge in [0, 0.05) is 55.4 Å². The minimum Gasteiger partial charge on any atom is -0.399 e. The molecular weight excluding hydrogens is 402 g/mol. The van der Waals surface area contributed by atoms with Crippen LogP contribution in [0.5, 0.6) is 0 Å². The quantitative estimate of drug-likeness (QED) is 0.471. The van der Waals surface area contributed by atoms with E-state index in [-0.39, 0.29) is 5.91 Å². The Morgan fingerprint density at radius 1 is 0.906 bits per heavy atom. The van der Waals surface area contributed by atoms with Gasteiger partial charge in [0.25, 0.3) is 5.91 Å². The molecule has 8 heteroatoms. The van der Waals surface area contributed by atoms with E-state index in [1.54, 1.807) is 32.4 Å². The molecule has 0 saturated heterocycles. The normalized spacial score (nSPS) is 10.7. The maximum Gasteiger partial charge on any atom is 0.254 e. The number of nitrogens with two attached hydrogens (primary N) is 2. The predicted octanol–water partition coefficient (Wildman–Crippen LogP) is 3.06. The second kappa shape index (κ2) is 8.81. The van der Waals surface area contributed by atoms with Crippen molar-refractivity contribution < 1.29 is 4.79 Å². The Morgan fingerprint density at radius 3 is 2.47 bits per heavy atom. The van der Waals surface area contributed by atoms with E-state index in [1.165, 1.54) is 17.4 Å². The molecule has 0 atom stereocenters. The summed E-state index contributed by atoms with van der Waals surface area (Å²) in [6.07, 6.45) is 5.39. The molecule has 3 aromatic heterocycles. The van der Waals surface area contributed by atoms with Crippen LogP contribution >= 0.6 is 0 Å². The van der Waals surface area contributed by atoms with Crippen molar-refractivity contribution in [3.8, 4) is 22.5 Å². The summed E-state index contributed by atoms with van der Waals surface area (Å²) in [6.45, 7) is 0. The van der Waals surface area contributed by atoms with E-state index in [9.17, 15) is 4.79 Å². The highest BCUT2D eigenvalue weighted by molar-refractivity contribution is 5.94. The maximum atomic E-state index is 12.1. The zero-order valence-corrected chi connectivity index (χ0v) is 17.9. The molecule has 4 aromatic rings. The van der Waals surface area contributed by atoms with Gasteiger partial charge in [-0.2, -0.15) is 0 Å². The SMILES string of the molecule is CN(C)C(=O)c1ccc(-c2cc(-c3cc(Cc4cccc(N)c4)ncn3)cnc2N)nc1. The van der Waals surface area contributed by atoms with Gasteiger partial charge < -0.3 is 16.4 Å². The first kappa shape index (κ1) is 20.9. The molecule has 160 valence electrons. The highest BCUT2D eigenvalue weighted by atomic mass is 16.2. The lowest BCUT2D eigenvalue weighted by molar-refractivity contribution is 0.0827. The van der Waals surface area contributed by atoms with Gasteiger partial charge in [0.05, 0.1) is 17.0 Å². The Kier molecular flexibility index (Phi) is 5.76. The van der Waals surface area contributed by atoms with Gasteiger partial charge >= 0.3 is 0 Å². The van der Waals surface area contributed by atoms with E-state index in [0.717, 1.165) is 28.2 Å². The van der Waals surface area contributed by atoms with Crippen LogP contribution in [0, 0.1) is 0 Å². The molecule has 3 heterocycles. The average molecular weight is 425 g/mol. The molecule has 1 amide bonds. The summed E-state index contributed by atoms with van der Waals surface area (Å²) in [4.78, 5) is 31.1. The maximum absolute atomic E-state index is 12.1. The minimum atomic E-state index is -0.113. The third-order valence-electron chi connectivity index (χ3n) is 4.97. The van der Waals surface area contributed by atoms with Crippen LogP contribution in [0.3, 0.4) is 0 Å². The van der Waals surface area contributed by atoms with Crippen LogP contribution in [0.25, 0.3) is 22.5 Å². The molecule has 1 aromatic carbocycles. The molecule has 32 heavy (non-hydrogen) atoms. The van der Waals surface area contributed by atoms with Crippen molar-refractivity contribution in [2.75, 3.05) is 25.6 Å². The first-order chi connectivity index (χ1) is 15.4. The first-order valence-corrected chi connectivity index (χ1v) is 10.00. The van der Waals surface area contributed by atoms with Gasteiger partial charge in [-0.15, -0.1) is 0 Å². The number of nitrogens with zero attached hydrogens (tertiary/aromatic N) is 5. The highest BCUT2D eigenvalue weighted by Crippen LogP contribution is 2.28. The average Bonchev–Trinajstić information content (AvgIpc) is 2.79. The molecule has 0 saturated carbocycles. The fraction of sp³-hybridized carbons (Fsp3) is 0.125. The number of hydrogen-bond donors (Lipinski definition) is 2. The Hall–Kier alpha value is -4.33. The van der Waals surface area contributed by atoms with Crippen LogP contribution in [-0.4, -0.2) is 44.8 Å². The monoisotopic (exact) mass is 425 g/mol. The molecule has 4 N–H and O–H groups in total. The summed E-state index contributed by atoms with van der Waals surface area (Å²) in [5.41, 5.74) is 18.0. The number of hydrogen-bond acceptors (Lipinski definition) is 7. The smallest absolute Gasteiger partial charge is 0.254 e. The van der Waals surface area contributed by atoms with E-state index in [0.29, 0.717) is 29.1 Å². The number of rotatable bonds is 5. The Morgan fingerprint density at radius 2 is 1.75 bits per heavy atom. The number of nitrogen functional groups attached to an aromatic ring is 2. The molecule has 4 rings (SSSR count). The number of aromatic nitrogens is 4. The fourth-order valence-electron chi connectivity index (χ4n) is 3.32. The van der Waals surface area contributed by atoms with Gasteiger partial charge in [-0.05, 0) is 42.0 Å². The minimum absolute atomic E-state index is 0.113. The Labute approximate surface area is 186 Å². The van der Waals surface area contributed by atoms with Crippen LogP contribution in [0.2, 0.25) is 0 Å². The van der Waals surface area contributed by atoms with E-state index in [2.05, 4.69) is 19.9 Å². The molecule has 0 aliphatic rings. The lowest BCUT2D eigenvalue weighted by Gasteiger charge is -2.11. The molecular formula is C24H23N7O. The summed E-state index contributed by atoms with van der Waals surface area (Å²) < 4.78 is 0. The third-order valence-corrected chi connectivity index (χ3v) is 4.97. The molecule has 0 bridgehead atoms. The third kappa shape index (κ3) is 4.54. The Balaban J connectivity index is 1.64. The zero-order chi connectivity index (χ0) is 22.7. The van der Waals surface area contributed by atoms with Crippen LogP contribution in [0.15, 0.2) is 67.3 Å². The molecule has 0 unspecified atom stereocenters. The summed E-state index contributed by atoms with van der Waals surface area (Å²) in [6, 6.07) is 15.0. The van der Waals surface area contributed by atoms with Gasteiger partial charge in [-0.3, -0.25) is 9.78 Å². The summed E-state index contributed by atoms with van der Waals surface area (Å²) in [5.74, 6) is 0.236. The summed E-state index contributed by atoms with van der Waals surface area (Å²) in [5, 5.41) is 0. The molecule has 8 nitrogen and oxygen atoms in total. The Bertz CT molecular complexity index is 1270. The zero-order valence-electron chi connectivity index (χ0n) is 17.9. The van der Waals surface area contributed by atoms with Gasteiger partial charge in [-0.25, -0.2) is 15.0 Å². The topological polar surface area (TPSA) is 124 Å². The number of carbonyl (C=O) groups is 1. The van der Waals surface area contributed by atoms with Crippen molar-refractivity contribution in [1.82, 2.24) is 24.8 Å². The second-order valence-electron chi connectivity index (χ2n) is 7.60. The van der Waals surface area contributed by atoms with Crippen molar-refractivity contribution in [3.05, 3.63) is 84.1 Å². The first-order valence-electron chi connectivity index (χ1n) is 10.00. The van der Waals surface area contributed by atoms with Gasteiger partial charge in [-0.1, -0.05) is 12.1 Å². The van der Waals surface area contributed by atoms with E-state index < -0.39 is 0 Å². The largest absolute Gasteiger partial charge is 0.399 e. The van der Waals surface area contributed by atoms with Crippen molar-refractivity contribution >= 4 is 17.4 Å². The van der Waals surface area contributed by atoms with E-state index in [1.807, 2.05) is 36.4 Å². The molecule has 0 aliphatic heterocycles. The highest BCUT2D eigenvalue weighted by Gasteiger charge is 2.13. The predicted molar refractivity (Wildman–Crippen MR) is 125 cm³/mol. The molecule has 0 aliphatic carbocycles. The van der Waals surface area contributed by atoms with Gasteiger partial charge in [0.2, 0.25) is 0 Å². The van der Waals surface area contributed by atoms with Crippen molar-refractivity contribution in [2.24, 2.45) is 0 Å². The second-order valence-corrected chi connectivity index (χ2v) is 7.60. The summed E-state index contributed by atoms with van der Waals surface area (Å²) in [7, 11) is 3.40. The fourth-order valence-corrected chi connectivity index (χ4v) is 3.32. The number of carbonyl (C=O) groups excluding carboxylic acids is 1. The lowest BCUT2D eigenvalue weighted by atomic mass is 10.0. The van der Waals surface area contributed by atoms with Crippen LogP contribution in [0.1, 0.15) is 21.6 Å². The van der Waals surface area contributed by atoms with Crippen molar-refractivity contribution in [3.63, 3.8) is 0 Å². The standard InChI is InChI=1S/C24H23N7O/c1-31(2)24(32)16-6-7-21(27-12-16)20-10-17(13-28-23(20)26)22-11-19(29-14-30-22)9-15-4-3-5-18(25)8-15/h3-8,10-14H,9,25H2,1-2H3,(H2,26,28). The van der Waals surface area contributed by atoms with E-state index >= 15 is 0 Å². The molecule has 0 fully saturated rings.